The zero-order valence-corrected chi connectivity index (χ0v) is 25.8. The molecular weight excluding hydrogens is 532 g/mol. The van der Waals surface area contributed by atoms with E-state index in [1.54, 1.807) is 22.1 Å². The number of thiazole rings is 1. The predicted molar refractivity (Wildman–Crippen MR) is 157 cm³/mol. The van der Waals surface area contributed by atoms with Crippen molar-refractivity contribution >= 4 is 34.8 Å². The van der Waals surface area contributed by atoms with E-state index >= 15 is 0 Å². The minimum absolute atomic E-state index is 0.000546. The second kappa shape index (κ2) is 11.0. The highest BCUT2D eigenvalue weighted by molar-refractivity contribution is 7.16. The first-order valence-electron chi connectivity index (χ1n) is 13.4. The lowest BCUT2D eigenvalue weighted by atomic mass is 9.79. The molecule has 0 N–H and O–H groups in total. The van der Waals surface area contributed by atoms with Crippen LogP contribution in [0.15, 0.2) is 24.3 Å². The van der Waals surface area contributed by atoms with E-state index in [9.17, 15) is 9.59 Å². The first-order chi connectivity index (χ1) is 18.1. The molecule has 3 aromatic rings. The zero-order valence-electron chi connectivity index (χ0n) is 24.2. The third-order valence-electron chi connectivity index (χ3n) is 7.23. The lowest BCUT2D eigenvalue weighted by Gasteiger charge is -2.31. The zero-order chi connectivity index (χ0) is 28.7. The fraction of sp³-hybridized carbons (Fsp3) is 0.533. The standard InChI is InChI=1S/C30H39ClN4O3S/c1-18-13-24(38-19(2)36)33-35(18)17-25(37)34-11-9-20(10-12-34)28-32-26(27(31)39-28)21-14-22(29(3,4)5)16-23(15-21)30(6,7)8/h13-16,20H,9-12,17H2,1-8H3. The number of aromatic nitrogens is 3. The van der Waals surface area contributed by atoms with Crippen LogP contribution in [-0.2, 0) is 27.0 Å². The van der Waals surface area contributed by atoms with Crippen LogP contribution < -0.4 is 4.74 Å². The Hall–Kier alpha value is -2.71. The number of rotatable bonds is 5. The maximum absolute atomic E-state index is 13.0. The summed E-state index contributed by atoms with van der Waals surface area (Å²) in [4.78, 5) is 31.1. The fourth-order valence-electron chi connectivity index (χ4n) is 4.74. The first kappa shape index (κ1) is 29.3. The molecule has 1 saturated heterocycles. The Morgan fingerprint density at radius 2 is 1.62 bits per heavy atom. The quantitative estimate of drug-likeness (QED) is 0.312. The van der Waals surface area contributed by atoms with E-state index in [1.165, 1.54) is 18.1 Å². The summed E-state index contributed by atoms with van der Waals surface area (Å²) in [6.07, 6.45) is 1.67. The van der Waals surface area contributed by atoms with E-state index in [1.807, 2.05) is 11.8 Å². The highest BCUT2D eigenvalue weighted by Crippen LogP contribution is 2.41. The molecule has 7 nitrogen and oxygen atoms in total. The Bertz CT molecular complexity index is 1340. The minimum atomic E-state index is -0.435. The molecule has 0 atom stereocenters. The van der Waals surface area contributed by atoms with Crippen LogP contribution in [-0.4, -0.2) is 44.6 Å². The van der Waals surface area contributed by atoms with E-state index in [-0.39, 0.29) is 35.1 Å². The van der Waals surface area contributed by atoms with Gasteiger partial charge in [-0.1, -0.05) is 59.2 Å². The summed E-state index contributed by atoms with van der Waals surface area (Å²) in [7, 11) is 0. The third kappa shape index (κ3) is 6.90. The molecule has 2 aromatic heterocycles. The molecule has 0 spiro atoms. The van der Waals surface area contributed by atoms with Crippen molar-refractivity contribution in [3.63, 3.8) is 0 Å². The van der Waals surface area contributed by atoms with Crippen molar-refractivity contribution in [1.29, 1.82) is 0 Å². The molecule has 1 amide bonds. The van der Waals surface area contributed by atoms with Crippen LogP contribution in [0.5, 0.6) is 5.88 Å². The molecule has 1 aliphatic heterocycles. The number of esters is 1. The number of piperidine rings is 1. The van der Waals surface area contributed by atoms with Crippen molar-refractivity contribution in [2.75, 3.05) is 13.1 Å². The van der Waals surface area contributed by atoms with Crippen LogP contribution in [0.25, 0.3) is 11.3 Å². The molecule has 0 radical (unpaired) electrons. The number of likely N-dealkylation sites (tertiary alicyclic amines) is 1. The SMILES string of the molecule is CC(=O)Oc1cc(C)n(CC(=O)N2CCC(c3nc(-c4cc(C(C)(C)C)cc(C(C)(C)C)c4)c(Cl)s3)CC2)n1. The summed E-state index contributed by atoms with van der Waals surface area (Å²) >= 11 is 8.36. The van der Waals surface area contributed by atoms with Crippen LogP contribution in [0.4, 0.5) is 0 Å². The molecule has 1 fully saturated rings. The molecule has 3 heterocycles. The van der Waals surface area contributed by atoms with E-state index in [0.29, 0.717) is 17.4 Å². The predicted octanol–water partition coefficient (Wildman–Crippen LogP) is 6.89. The number of amides is 1. The van der Waals surface area contributed by atoms with Crippen LogP contribution in [0, 0.1) is 6.92 Å². The summed E-state index contributed by atoms with van der Waals surface area (Å²) in [6, 6.07) is 8.42. The lowest BCUT2D eigenvalue weighted by Crippen LogP contribution is -2.40. The molecule has 9 heteroatoms. The van der Waals surface area contributed by atoms with Crippen molar-refractivity contribution in [1.82, 2.24) is 19.7 Å². The second-order valence-electron chi connectivity index (χ2n) is 12.5. The topological polar surface area (TPSA) is 77.3 Å². The van der Waals surface area contributed by atoms with Gasteiger partial charge >= 0.3 is 5.97 Å². The lowest BCUT2D eigenvalue weighted by molar-refractivity contribution is -0.133. The van der Waals surface area contributed by atoms with Crippen molar-refractivity contribution in [2.24, 2.45) is 0 Å². The van der Waals surface area contributed by atoms with Crippen LogP contribution in [0.2, 0.25) is 4.34 Å². The molecule has 1 aliphatic rings. The summed E-state index contributed by atoms with van der Waals surface area (Å²) in [6.45, 7) is 18.0. The fourth-order valence-corrected chi connectivity index (χ4v) is 6.11. The molecule has 4 rings (SSSR count). The minimum Gasteiger partial charge on any atom is -0.406 e. The van der Waals surface area contributed by atoms with Crippen LogP contribution >= 0.6 is 22.9 Å². The Labute approximate surface area is 240 Å². The number of benzene rings is 1. The molecule has 39 heavy (non-hydrogen) atoms. The molecular formula is C30H39ClN4O3S. The molecule has 0 aliphatic carbocycles. The summed E-state index contributed by atoms with van der Waals surface area (Å²) in [5.41, 5.74) is 5.25. The Balaban J connectivity index is 1.47. The van der Waals surface area contributed by atoms with Crippen molar-refractivity contribution < 1.29 is 14.3 Å². The van der Waals surface area contributed by atoms with Gasteiger partial charge in [0.15, 0.2) is 0 Å². The van der Waals surface area contributed by atoms with Crippen molar-refractivity contribution in [3.05, 3.63) is 50.4 Å². The van der Waals surface area contributed by atoms with Gasteiger partial charge in [-0.3, -0.25) is 14.3 Å². The number of hydrogen-bond acceptors (Lipinski definition) is 6. The molecule has 210 valence electrons. The van der Waals surface area contributed by atoms with Gasteiger partial charge in [0, 0.05) is 43.3 Å². The maximum atomic E-state index is 13.0. The van der Waals surface area contributed by atoms with Gasteiger partial charge in [-0.25, -0.2) is 4.98 Å². The van der Waals surface area contributed by atoms with Gasteiger partial charge in [0.05, 0.1) is 5.01 Å². The van der Waals surface area contributed by atoms with Crippen LogP contribution in [0.1, 0.15) is 89.1 Å². The van der Waals surface area contributed by atoms with Crippen LogP contribution in [0.3, 0.4) is 0 Å². The molecule has 0 unspecified atom stereocenters. The van der Waals surface area contributed by atoms with E-state index in [4.69, 9.17) is 21.3 Å². The number of aryl methyl sites for hydroxylation is 1. The summed E-state index contributed by atoms with van der Waals surface area (Å²) in [5.74, 6) is 0.0430. The summed E-state index contributed by atoms with van der Waals surface area (Å²) < 4.78 is 7.34. The van der Waals surface area contributed by atoms with E-state index in [2.05, 4.69) is 64.8 Å². The molecule has 0 saturated carbocycles. The van der Waals surface area contributed by atoms with Gasteiger partial charge in [0.2, 0.25) is 11.8 Å². The first-order valence-corrected chi connectivity index (χ1v) is 14.6. The van der Waals surface area contributed by atoms with Gasteiger partial charge in [-0.05, 0) is 53.9 Å². The Morgan fingerprint density at radius 1 is 1.03 bits per heavy atom. The monoisotopic (exact) mass is 570 g/mol. The smallest absolute Gasteiger partial charge is 0.309 e. The number of carbonyl (C=O) groups is 2. The molecule has 1 aromatic carbocycles. The summed E-state index contributed by atoms with van der Waals surface area (Å²) in [5, 5.41) is 5.27. The van der Waals surface area contributed by atoms with Gasteiger partial charge in [-0.15, -0.1) is 16.4 Å². The van der Waals surface area contributed by atoms with E-state index < -0.39 is 5.97 Å². The average Bonchev–Trinajstić information content (AvgIpc) is 3.39. The van der Waals surface area contributed by atoms with Crippen molar-refractivity contribution in [2.45, 2.75) is 91.5 Å². The number of halogens is 1. The normalized spacial score (nSPS) is 15.1. The van der Waals surface area contributed by atoms with E-state index in [0.717, 1.165) is 34.8 Å². The largest absolute Gasteiger partial charge is 0.406 e. The number of ether oxygens (including phenoxy) is 1. The highest BCUT2D eigenvalue weighted by Gasteiger charge is 2.28. The maximum Gasteiger partial charge on any atom is 0.309 e. The molecule has 0 bridgehead atoms. The number of hydrogen-bond donors (Lipinski definition) is 0. The Kier molecular flexibility index (Phi) is 8.29. The van der Waals surface area contributed by atoms with Gasteiger partial charge in [-0.2, -0.15) is 0 Å². The van der Waals surface area contributed by atoms with Gasteiger partial charge < -0.3 is 9.64 Å². The number of nitrogens with zero attached hydrogens (tertiary/aromatic N) is 4. The average molecular weight is 571 g/mol. The van der Waals surface area contributed by atoms with Gasteiger partial charge in [0.25, 0.3) is 0 Å². The van der Waals surface area contributed by atoms with Crippen molar-refractivity contribution in [3.8, 4) is 17.1 Å². The second-order valence-corrected chi connectivity index (χ2v) is 14.1. The number of carbonyl (C=O) groups excluding carboxylic acids is 2. The highest BCUT2D eigenvalue weighted by atomic mass is 35.5. The Morgan fingerprint density at radius 3 is 2.15 bits per heavy atom. The van der Waals surface area contributed by atoms with Gasteiger partial charge in [0.1, 0.15) is 16.6 Å². The third-order valence-corrected chi connectivity index (χ3v) is 8.65.